The van der Waals surface area contributed by atoms with Crippen molar-refractivity contribution >= 4 is 5.97 Å². The van der Waals surface area contributed by atoms with Gasteiger partial charge in [-0.25, -0.2) is 4.79 Å². The highest BCUT2D eigenvalue weighted by Gasteiger charge is 2.13. The van der Waals surface area contributed by atoms with E-state index in [2.05, 4.69) is 18.8 Å². The normalized spacial score (nSPS) is 10.6. The molecule has 0 bridgehead atoms. The molecule has 4 nitrogen and oxygen atoms in total. The van der Waals surface area contributed by atoms with Gasteiger partial charge in [-0.2, -0.15) is 0 Å². The van der Waals surface area contributed by atoms with E-state index < -0.39 is 5.97 Å². The Morgan fingerprint density at radius 3 is 2.65 bits per heavy atom. The Morgan fingerprint density at radius 1 is 1.25 bits per heavy atom. The fourth-order valence-corrected chi connectivity index (χ4v) is 1.84. The van der Waals surface area contributed by atoms with E-state index in [9.17, 15) is 4.79 Å². The van der Waals surface area contributed by atoms with Crippen molar-refractivity contribution < 1.29 is 14.6 Å². The summed E-state index contributed by atoms with van der Waals surface area (Å²) in [6, 6.07) is 7.40. The smallest absolute Gasteiger partial charge is 0.339 e. The van der Waals surface area contributed by atoms with Crippen LogP contribution in [0.5, 0.6) is 11.5 Å². The summed E-state index contributed by atoms with van der Waals surface area (Å²) in [5, 5.41) is 9.15. The molecule has 0 aliphatic rings. The zero-order chi connectivity index (χ0) is 14.7. The van der Waals surface area contributed by atoms with Crippen molar-refractivity contribution in [1.29, 1.82) is 0 Å². The first-order chi connectivity index (χ1) is 9.49. The number of aromatic nitrogens is 1. The van der Waals surface area contributed by atoms with Gasteiger partial charge >= 0.3 is 5.97 Å². The maximum Gasteiger partial charge on any atom is 0.339 e. The van der Waals surface area contributed by atoms with Gasteiger partial charge in [-0.15, -0.1) is 0 Å². The van der Waals surface area contributed by atoms with Gasteiger partial charge in [0.25, 0.3) is 0 Å². The van der Waals surface area contributed by atoms with E-state index in [4.69, 9.17) is 9.84 Å². The number of hydrogen-bond acceptors (Lipinski definition) is 3. The standard InChI is InChI=1S/C16H17NO3/c1-10(2)12-5-4-11(3)14(8-12)20-15-9-17-7-6-13(15)16(18)19/h4-10H,1-3H3,(H,18,19). The van der Waals surface area contributed by atoms with Crippen molar-refractivity contribution in [3.05, 3.63) is 53.3 Å². The molecule has 1 aromatic heterocycles. The van der Waals surface area contributed by atoms with E-state index in [0.29, 0.717) is 11.7 Å². The number of ether oxygens (including phenoxy) is 1. The second kappa shape index (κ2) is 5.74. The first-order valence-electron chi connectivity index (χ1n) is 6.44. The maximum atomic E-state index is 11.2. The molecule has 0 aliphatic carbocycles. The molecule has 0 fully saturated rings. The van der Waals surface area contributed by atoms with Crippen LogP contribution < -0.4 is 4.74 Å². The largest absolute Gasteiger partial charge is 0.478 e. The van der Waals surface area contributed by atoms with E-state index in [1.165, 1.54) is 18.5 Å². The van der Waals surface area contributed by atoms with Crippen LogP contribution in [-0.4, -0.2) is 16.1 Å². The second-order valence-electron chi connectivity index (χ2n) is 4.96. The first-order valence-corrected chi connectivity index (χ1v) is 6.44. The van der Waals surface area contributed by atoms with Gasteiger partial charge in [-0.05, 0) is 36.1 Å². The zero-order valence-corrected chi connectivity index (χ0v) is 11.8. The minimum Gasteiger partial charge on any atom is -0.478 e. The summed E-state index contributed by atoms with van der Waals surface area (Å²) in [6.07, 6.45) is 2.86. The Labute approximate surface area is 118 Å². The number of aryl methyl sites for hydroxylation is 1. The summed E-state index contributed by atoms with van der Waals surface area (Å²) in [5.74, 6) is 0.265. The molecule has 2 aromatic rings. The van der Waals surface area contributed by atoms with Crippen molar-refractivity contribution in [2.45, 2.75) is 26.7 Å². The third kappa shape index (κ3) is 2.96. The van der Waals surface area contributed by atoms with Crippen LogP contribution in [0.3, 0.4) is 0 Å². The third-order valence-corrected chi connectivity index (χ3v) is 3.11. The minimum atomic E-state index is -1.03. The number of carbonyl (C=O) groups is 1. The summed E-state index contributed by atoms with van der Waals surface area (Å²) in [4.78, 5) is 15.1. The van der Waals surface area contributed by atoms with Crippen LogP contribution in [0.25, 0.3) is 0 Å². The van der Waals surface area contributed by atoms with Gasteiger partial charge in [0.15, 0.2) is 5.75 Å². The average Bonchev–Trinajstić information content (AvgIpc) is 2.41. The number of carboxylic acids is 1. The SMILES string of the molecule is Cc1ccc(C(C)C)cc1Oc1cnccc1C(=O)O. The van der Waals surface area contributed by atoms with E-state index in [-0.39, 0.29) is 11.3 Å². The van der Waals surface area contributed by atoms with Gasteiger partial charge in [0.05, 0.1) is 6.20 Å². The number of rotatable bonds is 4. The van der Waals surface area contributed by atoms with Crippen molar-refractivity contribution in [2.75, 3.05) is 0 Å². The molecule has 20 heavy (non-hydrogen) atoms. The summed E-state index contributed by atoms with van der Waals surface area (Å²) < 4.78 is 5.75. The van der Waals surface area contributed by atoms with Crippen LogP contribution >= 0.6 is 0 Å². The quantitative estimate of drug-likeness (QED) is 0.912. The number of aromatic carboxylic acids is 1. The summed E-state index contributed by atoms with van der Waals surface area (Å²) in [7, 11) is 0. The lowest BCUT2D eigenvalue weighted by atomic mass is 10.0. The van der Waals surface area contributed by atoms with Crippen LogP contribution in [-0.2, 0) is 0 Å². The predicted octanol–water partition coefficient (Wildman–Crippen LogP) is 4.00. The van der Waals surface area contributed by atoms with Crippen molar-refractivity contribution in [2.24, 2.45) is 0 Å². The molecule has 0 unspecified atom stereocenters. The van der Waals surface area contributed by atoms with E-state index >= 15 is 0 Å². The van der Waals surface area contributed by atoms with Crippen LogP contribution in [0, 0.1) is 6.92 Å². The van der Waals surface area contributed by atoms with E-state index in [0.717, 1.165) is 11.1 Å². The molecule has 0 aliphatic heterocycles. The molecule has 0 atom stereocenters. The molecule has 4 heteroatoms. The lowest BCUT2D eigenvalue weighted by Gasteiger charge is -2.13. The average molecular weight is 271 g/mol. The Morgan fingerprint density at radius 2 is 2.00 bits per heavy atom. The Bertz CT molecular complexity index is 635. The Kier molecular flexibility index (Phi) is 4.03. The van der Waals surface area contributed by atoms with Crippen molar-refractivity contribution in [1.82, 2.24) is 4.98 Å². The molecular formula is C16H17NO3. The summed E-state index contributed by atoms with van der Waals surface area (Å²) in [5.41, 5.74) is 2.20. The monoisotopic (exact) mass is 271 g/mol. The molecule has 104 valence electrons. The molecule has 0 amide bonds. The second-order valence-corrected chi connectivity index (χ2v) is 4.96. The highest BCUT2D eigenvalue weighted by molar-refractivity contribution is 5.90. The lowest BCUT2D eigenvalue weighted by Crippen LogP contribution is -2.01. The van der Waals surface area contributed by atoms with Gasteiger partial charge in [0, 0.05) is 6.20 Å². The van der Waals surface area contributed by atoms with Crippen LogP contribution in [0.1, 0.15) is 41.3 Å². The van der Waals surface area contributed by atoms with Crippen molar-refractivity contribution in [3.8, 4) is 11.5 Å². The number of hydrogen-bond donors (Lipinski definition) is 1. The maximum absolute atomic E-state index is 11.2. The molecule has 1 N–H and O–H groups in total. The molecule has 0 saturated carbocycles. The third-order valence-electron chi connectivity index (χ3n) is 3.11. The number of carboxylic acid groups (broad SMARTS) is 1. The summed E-state index contributed by atoms with van der Waals surface area (Å²) >= 11 is 0. The van der Waals surface area contributed by atoms with Gasteiger partial charge in [-0.1, -0.05) is 26.0 Å². The lowest BCUT2D eigenvalue weighted by molar-refractivity contribution is 0.0694. The van der Waals surface area contributed by atoms with Crippen LogP contribution in [0.15, 0.2) is 36.7 Å². The molecule has 0 radical (unpaired) electrons. The van der Waals surface area contributed by atoms with Gasteiger partial charge in [0.2, 0.25) is 0 Å². The Hall–Kier alpha value is -2.36. The van der Waals surface area contributed by atoms with Gasteiger partial charge in [-0.3, -0.25) is 4.98 Å². The molecule has 2 rings (SSSR count). The molecule has 0 saturated heterocycles. The molecule has 1 aromatic carbocycles. The summed E-state index contributed by atoms with van der Waals surface area (Å²) in [6.45, 7) is 6.12. The van der Waals surface area contributed by atoms with Gasteiger partial charge < -0.3 is 9.84 Å². The van der Waals surface area contributed by atoms with Crippen LogP contribution in [0.4, 0.5) is 0 Å². The number of pyridine rings is 1. The number of nitrogens with zero attached hydrogens (tertiary/aromatic N) is 1. The van der Waals surface area contributed by atoms with E-state index in [1.807, 2.05) is 25.1 Å². The van der Waals surface area contributed by atoms with Gasteiger partial charge in [0.1, 0.15) is 11.3 Å². The predicted molar refractivity (Wildman–Crippen MR) is 76.5 cm³/mol. The topological polar surface area (TPSA) is 59.4 Å². The fourth-order valence-electron chi connectivity index (χ4n) is 1.84. The Balaban J connectivity index is 2.40. The molecule has 0 spiro atoms. The van der Waals surface area contributed by atoms with Crippen molar-refractivity contribution in [3.63, 3.8) is 0 Å². The number of benzene rings is 1. The van der Waals surface area contributed by atoms with E-state index in [1.54, 1.807) is 0 Å². The molecule has 1 heterocycles. The molecular weight excluding hydrogens is 254 g/mol. The highest BCUT2D eigenvalue weighted by Crippen LogP contribution is 2.30. The highest BCUT2D eigenvalue weighted by atomic mass is 16.5. The fraction of sp³-hybridized carbons (Fsp3) is 0.250. The van der Waals surface area contributed by atoms with Crippen LogP contribution in [0.2, 0.25) is 0 Å². The zero-order valence-electron chi connectivity index (χ0n) is 11.8. The minimum absolute atomic E-state index is 0.106. The first kappa shape index (κ1) is 14.1.